The van der Waals surface area contributed by atoms with Crippen LogP contribution in [0.4, 0.5) is 0 Å². The molecule has 2 aliphatic heterocycles. The van der Waals surface area contributed by atoms with Gasteiger partial charge in [-0.1, -0.05) is 13.8 Å². The molecule has 1 amide bonds. The minimum absolute atomic E-state index is 0.0643. The van der Waals surface area contributed by atoms with Crippen molar-refractivity contribution in [3.63, 3.8) is 0 Å². The van der Waals surface area contributed by atoms with Gasteiger partial charge < -0.3 is 19.4 Å². The maximum absolute atomic E-state index is 13.3. The number of hydrogen-bond acceptors (Lipinski definition) is 6. The number of fused-ring (bicyclic) bond motifs is 2. The molecule has 2 aromatic rings. The van der Waals surface area contributed by atoms with Crippen molar-refractivity contribution in [2.75, 3.05) is 39.4 Å². The molecule has 1 saturated heterocycles. The van der Waals surface area contributed by atoms with Gasteiger partial charge >= 0.3 is 0 Å². The molecule has 1 aromatic heterocycles. The van der Waals surface area contributed by atoms with E-state index in [0.717, 1.165) is 5.69 Å². The number of aromatic amines is 1. The van der Waals surface area contributed by atoms with Gasteiger partial charge in [-0.2, -0.15) is 4.31 Å². The summed E-state index contributed by atoms with van der Waals surface area (Å²) in [5, 5.41) is 0. The molecule has 1 aliphatic carbocycles. The van der Waals surface area contributed by atoms with Gasteiger partial charge in [-0.3, -0.25) is 9.59 Å². The number of aromatic nitrogens is 1. The molecule has 0 unspecified atom stereocenters. The van der Waals surface area contributed by atoms with Crippen LogP contribution in [-0.2, 0) is 16.4 Å². The zero-order valence-corrected chi connectivity index (χ0v) is 20.5. The number of sulfonamides is 1. The molecule has 1 aromatic carbocycles. The predicted molar refractivity (Wildman–Crippen MR) is 124 cm³/mol. The lowest BCUT2D eigenvalue weighted by atomic mass is 9.75. The Kier molecular flexibility index (Phi) is 5.48. The summed E-state index contributed by atoms with van der Waals surface area (Å²) in [6, 6.07) is 4.62. The number of hydrogen-bond donors (Lipinski definition) is 1. The minimum atomic E-state index is -3.73. The van der Waals surface area contributed by atoms with Crippen LogP contribution >= 0.6 is 0 Å². The number of benzene rings is 1. The van der Waals surface area contributed by atoms with Gasteiger partial charge in [0.1, 0.15) is 18.9 Å². The molecular weight excluding hydrogens is 458 g/mol. The number of rotatable bonds is 3. The first-order chi connectivity index (χ1) is 16.1. The van der Waals surface area contributed by atoms with Gasteiger partial charge in [0, 0.05) is 49.9 Å². The first-order valence-electron chi connectivity index (χ1n) is 11.5. The van der Waals surface area contributed by atoms with Gasteiger partial charge in [0.2, 0.25) is 10.0 Å². The molecule has 1 N–H and O–H groups in total. The minimum Gasteiger partial charge on any atom is -0.486 e. The van der Waals surface area contributed by atoms with Gasteiger partial charge in [0.05, 0.1) is 4.90 Å². The lowest BCUT2D eigenvalue weighted by Gasteiger charge is -2.34. The normalized spacial score (nSPS) is 20.2. The molecule has 3 heterocycles. The molecule has 10 heteroatoms. The van der Waals surface area contributed by atoms with Gasteiger partial charge in [-0.15, -0.1) is 0 Å². The van der Waals surface area contributed by atoms with E-state index in [0.29, 0.717) is 54.4 Å². The predicted octanol–water partition coefficient (Wildman–Crippen LogP) is 2.40. The Labute approximate surface area is 199 Å². The number of carbonyl (C=O) groups excluding carboxylic acids is 2. The molecule has 9 nitrogen and oxygen atoms in total. The van der Waals surface area contributed by atoms with Crippen LogP contribution in [0.5, 0.6) is 11.5 Å². The number of ether oxygens (including phenoxy) is 2. The molecule has 5 rings (SSSR count). The van der Waals surface area contributed by atoms with Crippen molar-refractivity contribution in [1.82, 2.24) is 14.2 Å². The highest BCUT2D eigenvalue weighted by atomic mass is 32.2. The molecule has 0 radical (unpaired) electrons. The Morgan fingerprint density at radius 2 is 1.71 bits per heavy atom. The van der Waals surface area contributed by atoms with Crippen molar-refractivity contribution < 1.29 is 27.5 Å². The number of H-pyrrole nitrogens is 1. The Bertz CT molecular complexity index is 1270. The zero-order valence-electron chi connectivity index (χ0n) is 19.6. The third-order valence-corrected chi connectivity index (χ3v) is 8.69. The largest absolute Gasteiger partial charge is 0.486 e. The molecule has 0 bridgehead atoms. The van der Waals surface area contributed by atoms with Gasteiger partial charge in [-0.25, -0.2) is 8.42 Å². The topological polar surface area (TPSA) is 109 Å². The number of amides is 1. The van der Waals surface area contributed by atoms with Crippen molar-refractivity contribution in [3.8, 4) is 11.5 Å². The third kappa shape index (κ3) is 3.88. The molecule has 0 spiro atoms. The van der Waals surface area contributed by atoms with E-state index in [9.17, 15) is 18.0 Å². The Hall–Kier alpha value is -2.85. The van der Waals surface area contributed by atoms with E-state index in [-0.39, 0.29) is 48.2 Å². The second-order valence-corrected chi connectivity index (χ2v) is 11.9. The van der Waals surface area contributed by atoms with E-state index in [2.05, 4.69) is 4.98 Å². The number of Topliss-reactive ketones (excluding diaryl/α,β-unsaturated/α-hetero) is 1. The summed E-state index contributed by atoms with van der Waals surface area (Å²) in [6.07, 6.45) is 1.17. The van der Waals surface area contributed by atoms with Gasteiger partial charge in [0.25, 0.3) is 5.91 Å². The molecular formula is C24H29N3O6S. The van der Waals surface area contributed by atoms with E-state index in [1.807, 2.05) is 13.8 Å². The average molecular weight is 488 g/mol. The number of piperazine rings is 1. The van der Waals surface area contributed by atoms with Crippen LogP contribution in [0.15, 0.2) is 23.1 Å². The first kappa shape index (κ1) is 22.9. The molecule has 182 valence electrons. The second kappa shape index (κ2) is 8.13. The van der Waals surface area contributed by atoms with Gasteiger partial charge in [0.15, 0.2) is 17.3 Å². The summed E-state index contributed by atoms with van der Waals surface area (Å²) in [5.74, 6) is 0.819. The van der Waals surface area contributed by atoms with Crippen LogP contribution in [-0.4, -0.2) is 73.7 Å². The lowest BCUT2D eigenvalue weighted by molar-refractivity contribution is 0.0691. The van der Waals surface area contributed by atoms with Crippen molar-refractivity contribution in [1.29, 1.82) is 0 Å². The monoisotopic (exact) mass is 487 g/mol. The number of carbonyl (C=O) groups is 2. The highest BCUT2D eigenvalue weighted by molar-refractivity contribution is 7.89. The van der Waals surface area contributed by atoms with E-state index in [4.69, 9.17) is 9.47 Å². The molecule has 0 saturated carbocycles. The number of nitrogens with zero attached hydrogens (tertiary/aromatic N) is 2. The van der Waals surface area contributed by atoms with E-state index >= 15 is 0 Å². The SMILES string of the molecule is Cc1c(C(=O)N2CCN(S(=O)(=O)c3ccc4c(c3)OCCO4)CC2)[nH]c2c1C(=O)CC(C)(C)C2. The number of ketones is 1. The quantitative estimate of drug-likeness (QED) is 0.712. The van der Waals surface area contributed by atoms with Gasteiger partial charge in [-0.05, 0) is 36.5 Å². The Morgan fingerprint density at radius 3 is 2.41 bits per heavy atom. The summed E-state index contributed by atoms with van der Waals surface area (Å²) >= 11 is 0. The summed E-state index contributed by atoms with van der Waals surface area (Å²) in [7, 11) is -3.73. The Morgan fingerprint density at radius 1 is 1.03 bits per heavy atom. The van der Waals surface area contributed by atoms with Crippen molar-refractivity contribution in [2.45, 2.75) is 38.5 Å². The summed E-state index contributed by atoms with van der Waals surface area (Å²) in [5.41, 5.74) is 2.44. The van der Waals surface area contributed by atoms with Crippen LogP contribution in [0, 0.1) is 12.3 Å². The standard InChI is InChI=1S/C24H29N3O6S/c1-15-21-17(13-24(2,3)14-18(21)28)25-22(15)23(29)26-6-8-27(9-7-26)34(30,31)16-4-5-19-20(12-16)33-11-10-32-19/h4-5,12,25H,6-11,13-14H2,1-3H3. The van der Waals surface area contributed by atoms with Crippen LogP contribution in [0.3, 0.4) is 0 Å². The Balaban J connectivity index is 1.30. The van der Waals surface area contributed by atoms with Crippen molar-refractivity contribution in [3.05, 3.63) is 40.7 Å². The van der Waals surface area contributed by atoms with Crippen molar-refractivity contribution >= 4 is 21.7 Å². The average Bonchev–Trinajstić information content (AvgIpc) is 3.13. The van der Waals surface area contributed by atoms with E-state index < -0.39 is 10.0 Å². The second-order valence-electron chi connectivity index (χ2n) is 9.92. The number of nitrogens with one attached hydrogen (secondary N) is 1. The van der Waals surface area contributed by atoms with Crippen LogP contribution in [0.2, 0.25) is 0 Å². The third-order valence-electron chi connectivity index (χ3n) is 6.79. The maximum Gasteiger partial charge on any atom is 0.270 e. The fourth-order valence-corrected chi connectivity index (χ4v) is 6.51. The van der Waals surface area contributed by atoms with E-state index in [1.165, 1.54) is 16.4 Å². The summed E-state index contributed by atoms with van der Waals surface area (Å²) in [4.78, 5) is 31.0. The molecule has 0 atom stereocenters. The first-order valence-corrected chi connectivity index (χ1v) is 12.9. The van der Waals surface area contributed by atoms with Crippen molar-refractivity contribution in [2.24, 2.45) is 5.41 Å². The zero-order chi connectivity index (χ0) is 24.3. The van der Waals surface area contributed by atoms with E-state index in [1.54, 1.807) is 17.9 Å². The fraction of sp³-hybridized carbons (Fsp3) is 0.500. The van der Waals surface area contributed by atoms with Crippen LogP contribution < -0.4 is 9.47 Å². The fourth-order valence-electron chi connectivity index (χ4n) is 5.07. The summed E-state index contributed by atoms with van der Waals surface area (Å²) in [6.45, 7) is 7.63. The highest BCUT2D eigenvalue weighted by Crippen LogP contribution is 2.37. The molecule has 1 fully saturated rings. The summed E-state index contributed by atoms with van der Waals surface area (Å²) < 4.78 is 38.8. The van der Waals surface area contributed by atoms with Crippen LogP contribution in [0.25, 0.3) is 0 Å². The smallest absolute Gasteiger partial charge is 0.270 e. The highest BCUT2D eigenvalue weighted by Gasteiger charge is 2.37. The maximum atomic E-state index is 13.3. The van der Waals surface area contributed by atoms with Crippen LogP contribution in [0.1, 0.15) is 52.4 Å². The molecule has 34 heavy (non-hydrogen) atoms. The molecule has 3 aliphatic rings. The lowest BCUT2D eigenvalue weighted by Crippen LogP contribution is -2.50.